The maximum absolute atomic E-state index is 12.0. The van der Waals surface area contributed by atoms with Crippen LogP contribution in [0.25, 0.3) is 10.9 Å². The summed E-state index contributed by atoms with van der Waals surface area (Å²) in [7, 11) is 2.98. The van der Waals surface area contributed by atoms with E-state index < -0.39 is 6.29 Å². The lowest BCUT2D eigenvalue weighted by molar-refractivity contribution is -0.0974. The summed E-state index contributed by atoms with van der Waals surface area (Å²) in [6, 6.07) is 6.85. The van der Waals surface area contributed by atoms with Crippen molar-refractivity contribution in [1.29, 1.82) is 0 Å². The summed E-state index contributed by atoms with van der Waals surface area (Å²) in [5.74, 6) is -0.357. The number of nitrogens with one attached hydrogen (secondary N) is 1. The van der Waals surface area contributed by atoms with Crippen molar-refractivity contribution in [1.82, 2.24) is 10.3 Å². The van der Waals surface area contributed by atoms with Crippen molar-refractivity contribution in [3.63, 3.8) is 0 Å². The van der Waals surface area contributed by atoms with Crippen LogP contribution < -0.4 is 5.32 Å². The van der Waals surface area contributed by atoms with Gasteiger partial charge in [0.15, 0.2) is 12.0 Å². The maximum atomic E-state index is 12.0. The van der Waals surface area contributed by atoms with E-state index in [1.54, 1.807) is 24.3 Å². The predicted octanol–water partition coefficient (Wildman–Crippen LogP) is 2.05. The molecule has 0 aliphatic carbocycles. The maximum Gasteiger partial charge on any atom is 0.270 e. The summed E-state index contributed by atoms with van der Waals surface area (Å²) in [6.07, 6.45) is -0.517. The van der Waals surface area contributed by atoms with Crippen LogP contribution in [0.2, 0.25) is 0 Å². The highest BCUT2D eigenvalue weighted by Gasteiger charge is 2.13. The number of hydrogen-bond donors (Lipinski definition) is 2. The van der Waals surface area contributed by atoms with Crippen molar-refractivity contribution in [3.05, 3.63) is 34.4 Å². The molecule has 2 aromatic rings. The van der Waals surface area contributed by atoms with E-state index in [0.29, 0.717) is 9.99 Å². The fourth-order valence-electron chi connectivity index (χ4n) is 1.81. The minimum Gasteiger partial charge on any atom is -0.505 e. The van der Waals surface area contributed by atoms with Gasteiger partial charge >= 0.3 is 0 Å². The van der Waals surface area contributed by atoms with Crippen LogP contribution in [0, 0.1) is 0 Å². The third-order valence-corrected chi connectivity index (χ3v) is 3.61. The number of pyridine rings is 1. The molecule has 1 heterocycles. The van der Waals surface area contributed by atoms with Gasteiger partial charge in [0.25, 0.3) is 5.91 Å². The lowest BCUT2D eigenvalue weighted by Gasteiger charge is -2.14. The zero-order valence-electron chi connectivity index (χ0n) is 11.6. The van der Waals surface area contributed by atoms with E-state index in [-0.39, 0.29) is 23.9 Å². The molecule has 0 spiro atoms. The van der Waals surface area contributed by atoms with Gasteiger partial charge in [0, 0.05) is 19.6 Å². The van der Waals surface area contributed by atoms with Crippen molar-refractivity contribution < 1.29 is 19.4 Å². The molecular formula is C14H15BrN2O4. The molecule has 0 aliphatic rings. The molecule has 1 aromatic carbocycles. The number of nitrogens with zero attached hydrogens (tertiary/aromatic N) is 1. The molecule has 0 bridgehead atoms. The van der Waals surface area contributed by atoms with Gasteiger partial charge in [-0.15, -0.1) is 0 Å². The highest BCUT2D eigenvalue weighted by atomic mass is 79.9. The first-order valence-corrected chi connectivity index (χ1v) is 6.98. The van der Waals surface area contributed by atoms with Crippen LogP contribution in [-0.4, -0.2) is 43.1 Å². The molecule has 1 amide bonds. The lowest BCUT2D eigenvalue weighted by atomic mass is 10.2. The van der Waals surface area contributed by atoms with E-state index in [1.165, 1.54) is 14.2 Å². The smallest absolute Gasteiger partial charge is 0.270 e. The van der Waals surface area contributed by atoms with Crippen molar-refractivity contribution >= 4 is 32.7 Å². The molecule has 7 heteroatoms. The summed E-state index contributed by atoms with van der Waals surface area (Å²) in [5.41, 5.74) is 0.578. The Kier molecular flexibility index (Phi) is 5.11. The Balaban J connectivity index is 2.22. The van der Waals surface area contributed by atoms with Gasteiger partial charge in [-0.2, -0.15) is 0 Å². The number of amides is 1. The van der Waals surface area contributed by atoms with E-state index in [2.05, 4.69) is 26.2 Å². The second kappa shape index (κ2) is 6.84. The van der Waals surface area contributed by atoms with Crippen LogP contribution in [0.1, 0.15) is 10.5 Å². The molecule has 21 heavy (non-hydrogen) atoms. The molecule has 0 saturated heterocycles. The van der Waals surface area contributed by atoms with Crippen molar-refractivity contribution in [3.8, 4) is 5.75 Å². The first-order chi connectivity index (χ1) is 10.1. The lowest BCUT2D eigenvalue weighted by Crippen LogP contribution is -2.34. The molecule has 0 fully saturated rings. The van der Waals surface area contributed by atoms with Crippen LogP contribution in [-0.2, 0) is 9.47 Å². The minimum absolute atomic E-state index is 0.00816. The van der Waals surface area contributed by atoms with E-state index in [4.69, 9.17) is 9.47 Å². The third-order valence-electron chi connectivity index (χ3n) is 2.97. The van der Waals surface area contributed by atoms with Gasteiger partial charge in [0.05, 0.1) is 11.0 Å². The average Bonchev–Trinajstić information content (AvgIpc) is 2.51. The predicted molar refractivity (Wildman–Crippen MR) is 81.2 cm³/mol. The fraction of sp³-hybridized carbons (Fsp3) is 0.286. The number of carbonyl (C=O) groups is 1. The fourth-order valence-corrected chi connectivity index (χ4v) is 2.12. The van der Waals surface area contributed by atoms with E-state index >= 15 is 0 Å². The first kappa shape index (κ1) is 15.7. The van der Waals surface area contributed by atoms with Gasteiger partial charge in [0.1, 0.15) is 11.2 Å². The molecule has 0 radical (unpaired) electrons. The topological polar surface area (TPSA) is 80.7 Å². The Morgan fingerprint density at radius 1 is 1.33 bits per heavy atom. The Morgan fingerprint density at radius 2 is 2.00 bits per heavy atom. The Bertz CT molecular complexity index is 659. The van der Waals surface area contributed by atoms with Crippen LogP contribution in [0.4, 0.5) is 0 Å². The second-order valence-electron chi connectivity index (χ2n) is 4.28. The van der Waals surface area contributed by atoms with E-state index in [1.807, 2.05) is 0 Å². The quantitative estimate of drug-likeness (QED) is 0.803. The summed E-state index contributed by atoms with van der Waals surface area (Å²) in [4.78, 5) is 16.2. The minimum atomic E-state index is -0.517. The first-order valence-electron chi connectivity index (χ1n) is 6.18. The largest absolute Gasteiger partial charge is 0.505 e. The number of carbonyl (C=O) groups excluding carboxylic acids is 1. The number of rotatable bonds is 5. The number of fused-ring (bicyclic) bond motifs is 1. The standard InChI is InChI=1S/C14H15BrN2O4/c1-20-11(21-2)7-16-14(19)10-6-4-8-3-5-9(15)13(18)12(8)17-10/h3-6,11,18H,7H2,1-2H3,(H,16,19). The Morgan fingerprint density at radius 3 is 2.67 bits per heavy atom. The number of aromatic hydroxyl groups is 1. The number of halogens is 1. The molecule has 0 unspecified atom stereocenters. The van der Waals surface area contributed by atoms with E-state index in [9.17, 15) is 9.90 Å². The zero-order valence-corrected chi connectivity index (χ0v) is 13.2. The molecule has 0 atom stereocenters. The normalized spacial score (nSPS) is 11.0. The van der Waals surface area contributed by atoms with Gasteiger partial charge in [-0.3, -0.25) is 4.79 Å². The number of hydrogen-bond acceptors (Lipinski definition) is 5. The molecule has 112 valence electrons. The summed E-state index contributed by atoms with van der Waals surface area (Å²) in [5, 5.41) is 13.4. The van der Waals surface area contributed by atoms with Gasteiger partial charge in [-0.05, 0) is 28.1 Å². The van der Waals surface area contributed by atoms with Crippen LogP contribution in [0.3, 0.4) is 0 Å². The van der Waals surface area contributed by atoms with Crippen LogP contribution >= 0.6 is 15.9 Å². The second-order valence-corrected chi connectivity index (χ2v) is 5.13. The van der Waals surface area contributed by atoms with Crippen molar-refractivity contribution in [2.24, 2.45) is 0 Å². The van der Waals surface area contributed by atoms with Gasteiger partial charge in [-0.25, -0.2) is 4.98 Å². The molecule has 0 aliphatic heterocycles. The highest BCUT2D eigenvalue weighted by Crippen LogP contribution is 2.31. The van der Waals surface area contributed by atoms with Crippen molar-refractivity contribution in [2.75, 3.05) is 20.8 Å². The number of ether oxygens (including phenoxy) is 2. The van der Waals surface area contributed by atoms with Gasteiger partial charge < -0.3 is 19.9 Å². The van der Waals surface area contributed by atoms with Crippen molar-refractivity contribution in [2.45, 2.75) is 6.29 Å². The summed E-state index contributed by atoms with van der Waals surface area (Å²) in [6.45, 7) is 0.204. The summed E-state index contributed by atoms with van der Waals surface area (Å²) < 4.78 is 10.5. The number of phenols is 1. The van der Waals surface area contributed by atoms with Crippen LogP contribution in [0.15, 0.2) is 28.7 Å². The number of phenolic OH excluding ortho intramolecular Hbond substituents is 1. The Hall–Kier alpha value is -1.70. The molecule has 1 aromatic heterocycles. The number of benzene rings is 1. The van der Waals surface area contributed by atoms with E-state index in [0.717, 1.165) is 5.39 Å². The molecule has 6 nitrogen and oxygen atoms in total. The number of methoxy groups -OCH3 is 2. The number of aromatic nitrogens is 1. The summed E-state index contributed by atoms with van der Waals surface area (Å²) >= 11 is 3.22. The third kappa shape index (κ3) is 3.49. The highest BCUT2D eigenvalue weighted by molar-refractivity contribution is 9.10. The van der Waals surface area contributed by atoms with Crippen LogP contribution in [0.5, 0.6) is 5.75 Å². The van der Waals surface area contributed by atoms with Gasteiger partial charge in [-0.1, -0.05) is 12.1 Å². The average molecular weight is 355 g/mol. The Labute approximate surface area is 130 Å². The molecule has 2 N–H and O–H groups in total. The molecule has 0 saturated carbocycles. The molecule has 2 rings (SSSR count). The monoisotopic (exact) mass is 354 g/mol. The zero-order chi connectivity index (χ0) is 15.4. The SMILES string of the molecule is COC(CNC(=O)c1ccc2ccc(Br)c(O)c2n1)OC. The molecular weight excluding hydrogens is 340 g/mol. The van der Waals surface area contributed by atoms with Gasteiger partial charge in [0.2, 0.25) is 0 Å².